The van der Waals surface area contributed by atoms with E-state index in [-0.39, 0.29) is 48.5 Å². The molecule has 1 amide bonds. The minimum absolute atomic E-state index is 0.0867. The Labute approximate surface area is 155 Å². The number of ether oxygens (including phenoxy) is 1. The SMILES string of the molecule is O=C1c2cc(C(F)(F)F)c(N3CCOCC3)c([N+](=O)[O-])c2SC2=NCCN12. The number of rotatable bonds is 2. The smallest absolute Gasteiger partial charge is 0.378 e. The van der Waals surface area contributed by atoms with Crippen LogP contribution in [-0.2, 0) is 10.9 Å². The second-order valence-corrected chi connectivity index (χ2v) is 7.05. The maximum atomic E-state index is 13.8. The molecule has 1 aromatic rings. The number of nitro groups is 1. The van der Waals surface area contributed by atoms with Crippen LogP contribution in [0.1, 0.15) is 15.9 Å². The number of morpholine rings is 1. The molecule has 1 fully saturated rings. The van der Waals surface area contributed by atoms with Crippen molar-refractivity contribution in [2.45, 2.75) is 11.1 Å². The molecule has 0 bridgehead atoms. The molecule has 0 aliphatic carbocycles. The van der Waals surface area contributed by atoms with Gasteiger partial charge in [-0.05, 0) is 17.8 Å². The van der Waals surface area contributed by atoms with Gasteiger partial charge < -0.3 is 9.64 Å². The second kappa shape index (κ2) is 6.37. The van der Waals surface area contributed by atoms with Crippen LogP contribution in [0.25, 0.3) is 0 Å². The number of benzene rings is 1. The summed E-state index contributed by atoms with van der Waals surface area (Å²) in [6.45, 7) is 1.08. The lowest BCUT2D eigenvalue weighted by Crippen LogP contribution is -2.39. The van der Waals surface area contributed by atoms with Crippen molar-refractivity contribution in [3.05, 3.63) is 27.3 Å². The summed E-state index contributed by atoms with van der Waals surface area (Å²) in [4.78, 5) is 30.2. The van der Waals surface area contributed by atoms with Gasteiger partial charge in [-0.1, -0.05) is 0 Å². The number of hydrogen-bond acceptors (Lipinski definition) is 7. The summed E-state index contributed by atoms with van der Waals surface area (Å²) in [6.07, 6.45) is -4.85. The first-order chi connectivity index (χ1) is 12.8. The molecular formula is C15H13F3N4O4S. The lowest BCUT2D eigenvalue weighted by Gasteiger charge is -2.33. The third-order valence-electron chi connectivity index (χ3n) is 4.51. The Balaban J connectivity index is 2.00. The summed E-state index contributed by atoms with van der Waals surface area (Å²) in [7, 11) is 0. The number of thioether (sulfide) groups is 1. The largest absolute Gasteiger partial charge is 0.418 e. The molecule has 0 atom stereocenters. The molecule has 8 nitrogen and oxygen atoms in total. The standard InChI is InChI=1S/C15H13F3N4O4S/c16-15(17,18)9-7-8-12(27-14-19-1-2-21(14)13(8)23)11(22(24)25)10(9)20-3-5-26-6-4-20/h7H,1-6H2. The van der Waals surface area contributed by atoms with Gasteiger partial charge in [0.05, 0.1) is 35.8 Å². The number of aliphatic imine (C=N–C) groups is 1. The van der Waals surface area contributed by atoms with Gasteiger partial charge in [0.25, 0.3) is 5.91 Å². The Morgan fingerprint density at radius 2 is 1.96 bits per heavy atom. The number of nitro benzene ring substituents is 1. The third-order valence-corrected chi connectivity index (χ3v) is 5.66. The fraction of sp³-hybridized carbons (Fsp3) is 0.467. The Hall–Kier alpha value is -2.34. The van der Waals surface area contributed by atoms with Crippen LogP contribution in [0.2, 0.25) is 0 Å². The van der Waals surface area contributed by atoms with Crippen LogP contribution in [0, 0.1) is 10.1 Å². The lowest BCUT2D eigenvalue weighted by atomic mass is 10.0. The maximum absolute atomic E-state index is 13.8. The minimum atomic E-state index is -4.85. The van der Waals surface area contributed by atoms with E-state index in [4.69, 9.17) is 4.74 Å². The Kier molecular flexibility index (Phi) is 4.26. The number of hydrogen-bond donors (Lipinski definition) is 0. The van der Waals surface area contributed by atoms with Gasteiger partial charge in [0.2, 0.25) is 0 Å². The zero-order valence-corrected chi connectivity index (χ0v) is 14.6. The van der Waals surface area contributed by atoms with Gasteiger partial charge in [0.1, 0.15) is 10.6 Å². The van der Waals surface area contributed by atoms with Crippen molar-refractivity contribution >= 4 is 34.2 Å². The van der Waals surface area contributed by atoms with Gasteiger partial charge in [-0.3, -0.25) is 24.8 Å². The molecule has 144 valence electrons. The van der Waals surface area contributed by atoms with Crippen LogP contribution in [-0.4, -0.2) is 60.3 Å². The zero-order valence-electron chi connectivity index (χ0n) is 13.8. The molecule has 3 aliphatic rings. The topological polar surface area (TPSA) is 88.3 Å². The molecule has 0 radical (unpaired) electrons. The van der Waals surface area contributed by atoms with E-state index in [9.17, 15) is 28.1 Å². The summed E-state index contributed by atoms with van der Waals surface area (Å²) in [6, 6.07) is 0.734. The fourth-order valence-corrected chi connectivity index (χ4v) is 4.48. The van der Waals surface area contributed by atoms with Crippen LogP contribution in [0.4, 0.5) is 24.5 Å². The van der Waals surface area contributed by atoms with Crippen molar-refractivity contribution < 1.29 is 27.6 Å². The molecule has 0 spiro atoms. The lowest BCUT2D eigenvalue weighted by molar-refractivity contribution is -0.387. The molecule has 3 aliphatic heterocycles. The molecule has 1 saturated heterocycles. The van der Waals surface area contributed by atoms with E-state index in [1.807, 2.05) is 0 Å². The van der Waals surface area contributed by atoms with Crippen LogP contribution in [0.5, 0.6) is 0 Å². The van der Waals surface area contributed by atoms with Crippen LogP contribution in [0.15, 0.2) is 16.0 Å². The normalized spacial score (nSPS) is 19.7. The summed E-state index contributed by atoms with van der Waals surface area (Å²) >= 11 is 0.872. The first-order valence-corrected chi connectivity index (χ1v) is 8.90. The molecule has 3 heterocycles. The van der Waals surface area contributed by atoms with E-state index in [0.29, 0.717) is 6.54 Å². The number of halogens is 3. The van der Waals surface area contributed by atoms with Gasteiger partial charge in [-0.25, -0.2) is 0 Å². The van der Waals surface area contributed by atoms with Crippen molar-refractivity contribution in [1.29, 1.82) is 0 Å². The molecule has 1 aromatic carbocycles. The number of alkyl halides is 3. The van der Waals surface area contributed by atoms with E-state index in [1.54, 1.807) is 0 Å². The average Bonchev–Trinajstić information content (AvgIpc) is 3.09. The molecule has 0 saturated carbocycles. The summed E-state index contributed by atoms with van der Waals surface area (Å²) in [5, 5.41) is 12.1. The highest BCUT2D eigenvalue weighted by molar-refractivity contribution is 8.14. The molecular weight excluding hydrogens is 389 g/mol. The Morgan fingerprint density at radius 3 is 2.59 bits per heavy atom. The van der Waals surface area contributed by atoms with Crippen LogP contribution in [0.3, 0.4) is 0 Å². The summed E-state index contributed by atoms with van der Waals surface area (Å²) < 4.78 is 46.5. The van der Waals surface area contributed by atoms with Gasteiger partial charge in [0.15, 0.2) is 5.17 Å². The number of fused-ring (bicyclic) bond motifs is 2. The van der Waals surface area contributed by atoms with E-state index < -0.39 is 33.9 Å². The summed E-state index contributed by atoms with van der Waals surface area (Å²) in [5.74, 6) is -0.692. The predicted octanol–water partition coefficient (Wildman–Crippen LogP) is 2.37. The number of carbonyl (C=O) groups excluding carboxylic acids is 1. The molecule has 4 rings (SSSR count). The number of anilines is 1. The third kappa shape index (κ3) is 2.92. The van der Waals surface area contributed by atoms with Gasteiger partial charge in [0, 0.05) is 19.6 Å². The first-order valence-electron chi connectivity index (χ1n) is 8.08. The molecule has 0 aromatic heterocycles. The van der Waals surface area contributed by atoms with Crippen molar-refractivity contribution in [1.82, 2.24) is 4.90 Å². The van der Waals surface area contributed by atoms with Gasteiger partial charge in [-0.15, -0.1) is 0 Å². The average molecular weight is 402 g/mol. The second-order valence-electron chi connectivity index (χ2n) is 6.08. The number of amides is 1. The number of amidine groups is 1. The van der Waals surface area contributed by atoms with Gasteiger partial charge in [-0.2, -0.15) is 13.2 Å². The monoisotopic (exact) mass is 402 g/mol. The molecule has 0 unspecified atom stereocenters. The van der Waals surface area contributed by atoms with Crippen molar-refractivity contribution in [2.75, 3.05) is 44.3 Å². The van der Waals surface area contributed by atoms with Crippen molar-refractivity contribution in [3.63, 3.8) is 0 Å². The highest BCUT2D eigenvalue weighted by Gasteiger charge is 2.46. The van der Waals surface area contributed by atoms with E-state index in [0.717, 1.165) is 17.8 Å². The van der Waals surface area contributed by atoms with E-state index >= 15 is 0 Å². The van der Waals surface area contributed by atoms with Crippen LogP contribution < -0.4 is 4.90 Å². The molecule has 0 N–H and O–H groups in total. The van der Waals surface area contributed by atoms with Crippen LogP contribution >= 0.6 is 11.8 Å². The Bertz CT molecular complexity index is 868. The first kappa shape index (κ1) is 18.0. The van der Waals surface area contributed by atoms with E-state index in [1.165, 1.54) is 9.80 Å². The molecule has 12 heteroatoms. The van der Waals surface area contributed by atoms with Crippen molar-refractivity contribution in [2.24, 2.45) is 4.99 Å². The minimum Gasteiger partial charge on any atom is -0.378 e. The van der Waals surface area contributed by atoms with Crippen molar-refractivity contribution in [3.8, 4) is 0 Å². The maximum Gasteiger partial charge on any atom is 0.418 e. The predicted molar refractivity (Wildman–Crippen MR) is 90.3 cm³/mol. The fourth-order valence-electron chi connectivity index (χ4n) is 3.33. The number of nitrogens with zero attached hydrogens (tertiary/aromatic N) is 4. The van der Waals surface area contributed by atoms with Gasteiger partial charge >= 0.3 is 11.9 Å². The number of carbonyl (C=O) groups is 1. The zero-order chi connectivity index (χ0) is 19.3. The summed E-state index contributed by atoms with van der Waals surface area (Å²) in [5.41, 5.74) is -2.70. The Morgan fingerprint density at radius 1 is 1.26 bits per heavy atom. The van der Waals surface area contributed by atoms with E-state index in [2.05, 4.69) is 4.99 Å². The highest BCUT2D eigenvalue weighted by Crippen LogP contribution is 2.50. The highest BCUT2D eigenvalue weighted by atomic mass is 32.2. The molecule has 27 heavy (non-hydrogen) atoms. The quantitative estimate of drug-likeness (QED) is 0.558.